The molecule has 3 aromatic carbocycles. The minimum atomic E-state index is -0.418. The number of amides is 1. The van der Waals surface area contributed by atoms with Crippen molar-refractivity contribution in [3.63, 3.8) is 0 Å². The van der Waals surface area contributed by atoms with Crippen LogP contribution in [0.4, 0.5) is 5.69 Å². The van der Waals surface area contributed by atoms with Crippen molar-refractivity contribution >= 4 is 44.9 Å². The number of hydrogen-bond donors (Lipinski definition) is 1. The number of aryl methyl sites for hydroxylation is 2. The van der Waals surface area contributed by atoms with Crippen LogP contribution < -0.4 is 10.7 Å². The lowest BCUT2D eigenvalue weighted by atomic mass is 10.1. The van der Waals surface area contributed by atoms with E-state index in [4.69, 9.17) is 11.6 Å². The number of fused-ring (bicyclic) bond motifs is 2. The van der Waals surface area contributed by atoms with Crippen molar-refractivity contribution in [2.24, 2.45) is 0 Å². The van der Waals surface area contributed by atoms with Crippen molar-refractivity contribution < 1.29 is 4.79 Å². The van der Waals surface area contributed by atoms with Gasteiger partial charge in [0.2, 0.25) is 5.43 Å². The van der Waals surface area contributed by atoms with Crippen LogP contribution in [0, 0.1) is 6.92 Å². The fourth-order valence-corrected chi connectivity index (χ4v) is 3.74. The van der Waals surface area contributed by atoms with Crippen LogP contribution in [0.15, 0.2) is 65.6 Å². The highest BCUT2D eigenvalue weighted by atomic mass is 35.5. The molecule has 0 fully saturated rings. The molecule has 0 radical (unpaired) electrons. The van der Waals surface area contributed by atoms with Gasteiger partial charge in [0.15, 0.2) is 0 Å². The number of pyridine rings is 1. The summed E-state index contributed by atoms with van der Waals surface area (Å²) in [4.78, 5) is 26.0. The van der Waals surface area contributed by atoms with Gasteiger partial charge in [0.05, 0.1) is 5.52 Å². The predicted octanol–water partition coefficient (Wildman–Crippen LogP) is 5.39. The van der Waals surface area contributed by atoms with Crippen molar-refractivity contribution in [2.75, 3.05) is 5.32 Å². The maximum Gasteiger partial charge on any atom is 0.261 e. The van der Waals surface area contributed by atoms with Gasteiger partial charge >= 0.3 is 0 Å². The first-order valence-corrected chi connectivity index (χ1v) is 9.50. The van der Waals surface area contributed by atoms with Crippen LogP contribution in [-0.2, 0) is 6.54 Å². The summed E-state index contributed by atoms with van der Waals surface area (Å²) in [5, 5.41) is 5.95. The summed E-state index contributed by atoms with van der Waals surface area (Å²) in [5.41, 5.74) is 2.10. The van der Waals surface area contributed by atoms with E-state index in [1.165, 1.54) is 0 Å². The highest BCUT2D eigenvalue weighted by Gasteiger charge is 2.18. The molecule has 0 aliphatic rings. The fourth-order valence-electron chi connectivity index (χ4n) is 3.59. The Labute approximate surface area is 167 Å². The van der Waals surface area contributed by atoms with Gasteiger partial charge in [0.1, 0.15) is 5.56 Å². The number of carbonyl (C=O) groups excluding carboxylic acids is 1. The van der Waals surface area contributed by atoms with E-state index in [1.807, 2.05) is 60.9 Å². The summed E-state index contributed by atoms with van der Waals surface area (Å²) in [7, 11) is 0. The lowest BCUT2D eigenvalue weighted by Crippen LogP contribution is -2.24. The van der Waals surface area contributed by atoms with Crippen LogP contribution in [0.5, 0.6) is 0 Å². The molecule has 1 amide bonds. The molecule has 5 heteroatoms. The van der Waals surface area contributed by atoms with E-state index in [2.05, 4.69) is 5.32 Å². The molecule has 28 heavy (non-hydrogen) atoms. The van der Waals surface area contributed by atoms with Crippen molar-refractivity contribution in [3.8, 4) is 0 Å². The maximum atomic E-state index is 13.0. The summed E-state index contributed by atoms with van der Waals surface area (Å²) >= 11 is 6.24. The molecule has 0 aliphatic heterocycles. The minimum Gasteiger partial charge on any atom is -0.346 e. The quantitative estimate of drug-likeness (QED) is 0.510. The van der Waals surface area contributed by atoms with Crippen molar-refractivity contribution in [1.82, 2.24) is 4.57 Å². The Hall–Kier alpha value is -3.11. The zero-order chi connectivity index (χ0) is 19.8. The van der Waals surface area contributed by atoms with E-state index in [-0.39, 0.29) is 11.0 Å². The van der Waals surface area contributed by atoms with Gasteiger partial charge in [-0.3, -0.25) is 9.59 Å². The van der Waals surface area contributed by atoms with Crippen LogP contribution in [-0.4, -0.2) is 10.5 Å². The number of aromatic nitrogens is 1. The van der Waals surface area contributed by atoms with E-state index >= 15 is 0 Å². The molecule has 0 unspecified atom stereocenters. The Balaban J connectivity index is 1.85. The Morgan fingerprint density at radius 3 is 2.57 bits per heavy atom. The van der Waals surface area contributed by atoms with Crippen LogP contribution in [0.3, 0.4) is 0 Å². The van der Waals surface area contributed by atoms with Crippen molar-refractivity contribution in [2.45, 2.75) is 20.4 Å². The summed E-state index contributed by atoms with van der Waals surface area (Å²) in [6.45, 7) is 4.47. The van der Waals surface area contributed by atoms with Gasteiger partial charge in [-0.05, 0) is 43.0 Å². The largest absolute Gasteiger partial charge is 0.346 e. The highest BCUT2D eigenvalue weighted by Crippen LogP contribution is 2.26. The first-order valence-electron chi connectivity index (χ1n) is 9.12. The van der Waals surface area contributed by atoms with E-state index in [1.54, 1.807) is 18.3 Å². The molecule has 4 aromatic rings. The number of carbonyl (C=O) groups is 1. The summed E-state index contributed by atoms with van der Waals surface area (Å²) < 4.78 is 1.90. The molecule has 0 saturated carbocycles. The monoisotopic (exact) mass is 390 g/mol. The highest BCUT2D eigenvalue weighted by molar-refractivity contribution is 6.32. The average molecular weight is 391 g/mol. The van der Waals surface area contributed by atoms with E-state index in [0.29, 0.717) is 22.6 Å². The summed E-state index contributed by atoms with van der Waals surface area (Å²) in [6.07, 6.45) is 1.62. The number of benzene rings is 3. The Morgan fingerprint density at radius 2 is 1.79 bits per heavy atom. The summed E-state index contributed by atoms with van der Waals surface area (Å²) in [5.74, 6) is -0.418. The number of anilines is 1. The molecule has 0 spiro atoms. The topological polar surface area (TPSA) is 51.1 Å². The fraction of sp³-hybridized carbons (Fsp3) is 0.130. The molecule has 0 atom stereocenters. The van der Waals surface area contributed by atoms with Gasteiger partial charge in [-0.1, -0.05) is 48.0 Å². The first kappa shape index (κ1) is 18.3. The smallest absolute Gasteiger partial charge is 0.261 e. The number of nitrogens with one attached hydrogen (secondary N) is 1. The molecule has 0 aliphatic carbocycles. The van der Waals surface area contributed by atoms with Crippen molar-refractivity contribution in [1.29, 1.82) is 0 Å². The first-order chi connectivity index (χ1) is 13.5. The minimum absolute atomic E-state index is 0.115. The molecule has 1 heterocycles. The molecular formula is C23H19ClN2O2. The van der Waals surface area contributed by atoms with Gasteiger partial charge in [0.25, 0.3) is 5.91 Å². The van der Waals surface area contributed by atoms with E-state index in [0.717, 1.165) is 21.9 Å². The van der Waals surface area contributed by atoms with Crippen LogP contribution in [0.1, 0.15) is 22.8 Å². The number of nitrogens with zero attached hydrogens (tertiary/aromatic N) is 1. The van der Waals surface area contributed by atoms with Gasteiger partial charge in [-0.25, -0.2) is 0 Å². The van der Waals surface area contributed by atoms with E-state index < -0.39 is 5.91 Å². The normalized spacial score (nSPS) is 11.1. The molecule has 1 aromatic heterocycles. The molecular weight excluding hydrogens is 372 g/mol. The molecule has 0 bridgehead atoms. The van der Waals surface area contributed by atoms with Crippen LogP contribution >= 0.6 is 11.6 Å². The van der Waals surface area contributed by atoms with Crippen LogP contribution in [0.2, 0.25) is 5.02 Å². The molecule has 4 rings (SSSR count). The molecule has 4 nitrogen and oxygen atoms in total. The SMILES string of the molecule is CCn1cc(C(=O)Nc2cccc3ccccc23)c(=O)c2ccc(Cl)c(C)c21. The van der Waals surface area contributed by atoms with Gasteiger partial charge < -0.3 is 9.88 Å². The second-order valence-corrected chi connectivity index (χ2v) is 7.11. The lowest BCUT2D eigenvalue weighted by Gasteiger charge is -2.15. The lowest BCUT2D eigenvalue weighted by molar-refractivity contribution is 0.102. The average Bonchev–Trinajstić information content (AvgIpc) is 2.71. The third-order valence-corrected chi connectivity index (χ3v) is 5.46. The molecule has 0 saturated heterocycles. The van der Waals surface area contributed by atoms with Crippen LogP contribution in [0.25, 0.3) is 21.7 Å². The van der Waals surface area contributed by atoms with Gasteiger partial charge in [-0.15, -0.1) is 0 Å². The predicted molar refractivity (Wildman–Crippen MR) is 116 cm³/mol. The third kappa shape index (κ3) is 2.96. The number of hydrogen-bond acceptors (Lipinski definition) is 2. The van der Waals surface area contributed by atoms with Crippen molar-refractivity contribution in [3.05, 3.63) is 87.2 Å². The van der Waals surface area contributed by atoms with E-state index in [9.17, 15) is 9.59 Å². The third-order valence-electron chi connectivity index (χ3n) is 5.05. The second kappa shape index (κ2) is 7.13. The zero-order valence-electron chi connectivity index (χ0n) is 15.6. The number of halogens is 1. The second-order valence-electron chi connectivity index (χ2n) is 6.71. The molecule has 1 N–H and O–H groups in total. The standard InChI is InChI=1S/C23H19ClN2O2/c1-3-26-13-18(22(27)17-11-12-19(24)14(2)21(17)26)23(28)25-20-10-6-8-15-7-4-5-9-16(15)20/h4-13H,3H2,1-2H3,(H,25,28). The maximum absolute atomic E-state index is 13.0. The molecule has 140 valence electrons. The Kier molecular flexibility index (Phi) is 4.65. The van der Waals surface area contributed by atoms with Gasteiger partial charge in [0, 0.05) is 34.2 Å². The summed E-state index contributed by atoms with van der Waals surface area (Å²) in [6, 6.07) is 16.9. The number of rotatable bonds is 3. The van der Waals surface area contributed by atoms with Gasteiger partial charge in [-0.2, -0.15) is 0 Å². The Morgan fingerprint density at radius 1 is 1.04 bits per heavy atom. The zero-order valence-corrected chi connectivity index (χ0v) is 16.4. The Bertz CT molecular complexity index is 1290.